The molecule has 2 amide bonds. The van der Waals surface area contributed by atoms with Crippen LogP contribution < -0.4 is 19.8 Å². The van der Waals surface area contributed by atoms with Gasteiger partial charge in [-0.15, -0.1) is 0 Å². The van der Waals surface area contributed by atoms with Crippen LogP contribution in [0.2, 0.25) is 0 Å². The van der Waals surface area contributed by atoms with E-state index >= 15 is 0 Å². The predicted molar refractivity (Wildman–Crippen MR) is 180 cm³/mol. The summed E-state index contributed by atoms with van der Waals surface area (Å²) in [5.74, 6) is -0.158. The molecule has 0 aliphatic rings. The molecule has 0 aliphatic heterocycles. The third kappa shape index (κ3) is 8.84. The minimum Gasteiger partial charge on any atom is -0.744 e. The van der Waals surface area contributed by atoms with Crippen LogP contribution in [0.25, 0.3) is 21.8 Å². The highest BCUT2D eigenvalue weighted by atomic mass is 32.2. The summed E-state index contributed by atoms with van der Waals surface area (Å²) >= 11 is 0. The van der Waals surface area contributed by atoms with Crippen LogP contribution in [0, 0.1) is 6.92 Å². The van der Waals surface area contributed by atoms with E-state index in [9.17, 15) is 22.6 Å². The number of aromatic nitrogens is 2. The molecule has 0 aliphatic carbocycles. The Morgan fingerprint density at radius 3 is 1.47 bits per heavy atom. The summed E-state index contributed by atoms with van der Waals surface area (Å²) < 4.78 is 35.3. The van der Waals surface area contributed by atoms with Crippen molar-refractivity contribution in [1.29, 1.82) is 0 Å². The lowest BCUT2D eigenvalue weighted by Gasteiger charge is -2.08. The van der Waals surface area contributed by atoms with Gasteiger partial charge in [-0.3, -0.25) is 9.59 Å². The van der Waals surface area contributed by atoms with E-state index in [-0.39, 0.29) is 29.6 Å². The van der Waals surface area contributed by atoms with Crippen LogP contribution in [0.4, 0.5) is 11.4 Å². The Kier molecular flexibility index (Phi) is 10.0. The van der Waals surface area contributed by atoms with Gasteiger partial charge in [0.05, 0.1) is 17.7 Å². The molecule has 238 valence electrons. The monoisotopic (exact) mass is 647 g/mol. The van der Waals surface area contributed by atoms with Crippen molar-refractivity contribution in [3.8, 4) is 0 Å². The lowest BCUT2D eigenvalue weighted by molar-refractivity contribution is -0.645. The second-order valence-corrected chi connectivity index (χ2v) is 12.7. The van der Waals surface area contributed by atoms with E-state index in [1.807, 2.05) is 127 Å². The second-order valence-electron chi connectivity index (χ2n) is 11.3. The molecule has 6 aromatic rings. The van der Waals surface area contributed by atoms with Gasteiger partial charge in [0.25, 0.3) is 0 Å². The molecule has 0 bridgehead atoms. The maximum Gasteiger partial charge on any atom is 0.228 e. The average Bonchev–Trinajstić information content (AvgIpc) is 3.02. The first kappa shape index (κ1) is 32.9. The summed E-state index contributed by atoms with van der Waals surface area (Å²) in [6.07, 6.45) is 4.53. The predicted octanol–water partition coefficient (Wildman–Crippen LogP) is 4.90. The van der Waals surface area contributed by atoms with Crippen molar-refractivity contribution in [3.05, 3.63) is 138 Å². The van der Waals surface area contributed by atoms with Gasteiger partial charge >= 0.3 is 0 Å². The smallest absolute Gasteiger partial charge is 0.228 e. The molecule has 47 heavy (non-hydrogen) atoms. The molecule has 0 radical (unpaired) electrons. The molecule has 0 atom stereocenters. The normalized spacial score (nSPS) is 11.1. The van der Waals surface area contributed by atoms with Crippen LogP contribution in [0.5, 0.6) is 0 Å². The minimum absolute atomic E-state index is 0.0788. The van der Waals surface area contributed by atoms with Crippen molar-refractivity contribution in [2.45, 2.75) is 24.7 Å². The molecule has 0 fully saturated rings. The summed E-state index contributed by atoms with van der Waals surface area (Å²) in [7, 11) is -0.275. The third-order valence-electron chi connectivity index (χ3n) is 7.62. The van der Waals surface area contributed by atoms with Crippen molar-refractivity contribution in [3.63, 3.8) is 0 Å². The Morgan fingerprint density at radius 1 is 0.638 bits per heavy atom. The zero-order valence-electron chi connectivity index (χ0n) is 26.3. The van der Waals surface area contributed by atoms with Gasteiger partial charge in [-0.2, -0.15) is 0 Å². The summed E-state index contributed by atoms with van der Waals surface area (Å²) in [5.41, 5.74) is 6.47. The lowest BCUT2D eigenvalue weighted by atomic mass is 10.1. The molecule has 2 N–H and O–H groups in total. The van der Waals surface area contributed by atoms with Crippen LogP contribution in [0.1, 0.15) is 16.7 Å². The largest absolute Gasteiger partial charge is 0.744 e. The van der Waals surface area contributed by atoms with Gasteiger partial charge in [0.2, 0.25) is 22.8 Å². The molecule has 6 rings (SSSR count). The van der Waals surface area contributed by atoms with Gasteiger partial charge in [0.15, 0.2) is 12.4 Å². The molecule has 0 spiro atoms. The van der Waals surface area contributed by atoms with E-state index in [1.54, 1.807) is 12.1 Å². The van der Waals surface area contributed by atoms with E-state index in [1.165, 1.54) is 12.1 Å². The molecule has 2 heterocycles. The summed E-state index contributed by atoms with van der Waals surface area (Å²) in [5, 5.41) is 8.09. The first-order valence-corrected chi connectivity index (χ1v) is 16.3. The molecule has 0 unspecified atom stereocenters. The van der Waals surface area contributed by atoms with Gasteiger partial charge in [-0.05, 0) is 66.6 Å². The van der Waals surface area contributed by atoms with Crippen LogP contribution >= 0.6 is 0 Å². The number of nitrogens with one attached hydrogen (secondary N) is 2. The van der Waals surface area contributed by atoms with E-state index in [0.29, 0.717) is 0 Å². The fraction of sp³-hybridized carbons (Fsp3) is 0.135. The fourth-order valence-corrected chi connectivity index (χ4v) is 5.62. The number of carbonyl (C=O) groups is 2. The third-order valence-corrected chi connectivity index (χ3v) is 8.46. The van der Waals surface area contributed by atoms with Crippen molar-refractivity contribution in [1.82, 2.24) is 0 Å². The Labute approximate surface area is 273 Å². The average molecular weight is 648 g/mol. The Balaban J connectivity index is 0.000000335. The molecule has 9 nitrogen and oxygen atoms in total. The number of aryl methyl sites for hydroxylation is 3. The second kappa shape index (κ2) is 14.3. The first-order valence-electron chi connectivity index (χ1n) is 14.9. The topological polar surface area (TPSA) is 123 Å². The Hall–Kier alpha value is -5.45. The van der Waals surface area contributed by atoms with Crippen LogP contribution in [0.3, 0.4) is 0 Å². The number of benzene rings is 4. The molecule has 0 saturated heterocycles. The minimum atomic E-state index is -4.27. The summed E-state index contributed by atoms with van der Waals surface area (Å²) in [4.78, 5) is 25.0. The van der Waals surface area contributed by atoms with E-state index < -0.39 is 10.1 Å². The maximum atomic E-state index is 12.6. The van der Waals surface area contributed by atoms with Crippen molar-refractivity contribution < 1.29 is 31.7 Å². The van der Waals surface area contributed by atoms with E-state index in [4.69, 9.17) is 0 Å². The Morgan fingerprint density at radius 2 is 1.06 bits per heavy atom. The first-order chi connectivity index (χ1) is 22.4. The number of fused-ring (bicyclic) bond motifs is 2. The van der Waals surface area contributed by atoms with Gasteiger partial charge in [0.1, 0.15) is 24.2 Å². The number of amides is 2. The van der Waals surface area contributed by atoms with Gasteiger partial charge in [-0.25, -0.2) is 17.6 Å². The number of anilines is 2. The number of rotatable bonds is 7. The number of carbonyl (C=O) groups excluding carboxylic acids is 2. The molecule has 2 aromatic heterocycles. The van der Waals surface area contributed by atoms with Gasteiger partial charge in [0, 0.05) is 46.4 Å². The zero-order valence-corrected chi connectivity index (χ0v) is 27.1. The standard InChI is InChI=1S/C30H26N4O2.C7H8O3S/c1-33-15-3-5-23-19-25(11-13-27(23)33)31-29(35)17-21-7-9-22(10-8-21)18-30(36)32-26-12-14-28-24(20-26)6-4-16-34(28)2;1-6-2-4-7(5-3-6)11(8,9)10/h3-16,19-20H,17-18H2,1-2H3;2-5H,1H3,(H,8,9,10)/p+1. The summed E-state index contributed by atoms with van der Waals surface area (Å²) in [6, 6.07) is 33.2. The Bertz CT molecular complexity index is 2060. The van der Waals surface area contributed by atoms with E-state index in [2.05, 4.69) is 10.6 Å². The highest BCUT2D eigenvalue weighted by molar-refractivity contribution is 7.85. The van der Waals surface area contributed by atoms with Gasteiger partial charge in [-0.1, -0.05) is 42.0 Å². The van der Waals surface area contributed by atoms with Crippen LogP contribution in [-0.4, -0.2) is 24.8 Å². The SMILES string of the molecule is C[n+]1cccc2cc(NC(=O)Cc3ccc(CC(=O)Nc4ccc5c(ccc[n+]5C)c4)cc3)ccc21.Cc1ccc(S(=O)(=O)[O-])cc1. The number of pyridine rings is 2. The highest BCUT2D eigenvalue weighted by Crippen LogP contribution is 2.18. The molecular formula is C37H35N4O5S+. The highest BCUT2D eigenvalue weighted by Gasteiger charge is 2.11. The molecule has 10 heteroatoms. The molecular weight excluding hydrogens is 612 g/mol. The number of hydrogen-bond acceptors (Lipinski definition) is 5. The number of hydrogen-bond donors (Lipinski definition) is 2. The van der Waals surface area contributed by atoms with Gasteiger partial charge < -0.3 is 15.2 Å². The zero-order chi connectivity index (χ0) is 33.6. The van der Waals surface area contributed by atoms with Crippen LogP contribution in [-0.2, 0) is 46.6 Å². The van der Waals surface area contributed by atoms with Crippen molar-refractivity contribution in [2.75, 3.05) is 10.6 Å². The number of nitrogens with zero attached hydrogens (tertiary/aromatic N) is 2. The van der Waals surface area contributed by atoms with Crippen molar-refractivity contribution >= 4 is 55.1 Å². The maximum absolute atomic E-state index is 12.6. The van der Waals surface area contributed by atoms with E-state index in [0.717, 1.165) is 49.9 Å². The fourth-order valence-electron chi connectivity index (χ4n) is 5.15. The molecule has 0 saturated carbocycles. The quantitative estimate of drug-likeness (QED) is 0.189. The van der Waals surface area contributed by atoms with Crippen LogP contribution in [0.15, 0.2) is 126 Å². The summed E-state index contributed by atoms with van der Waals surface area (Å²) in [6.45, 7) is 1.82. The lowest BCUT2D eigenvalue weighted by Crippen LogP contribution is -2.27. The van der Waals surface area contributed by atoms with Crippen molar-refractivity contribution in [2.24, 2.45) is 14.1 Å². The molecule has 4 aromatic carbocycles.